The van der Waals surface area contributed by atoms with Crippen molar-refractivity contribution in [3.63, 3.8) is 0 Å². The lowest BCUT2D eigenvalue weighted by atomic mass is 10.2. The van der Waals surface area contributed by atoms with Crippen LogP contribution in [0.15, 0.2) is 36.5 Å². The average Bonchev–Trinajstić information content (AvgIpc) is 2.35. The number of nitrogens with zero attached hydrogens (tertiary/aromatic N) is 1. The predicted octanol–water partition coefficient (Wildman–Crippen LogP) is 2.19. The summed E-state index contributed by atoms with van der Waals surface area (Å²) in [6, 6.07) is 6.04. The third-order valence-electron chi connectivity index (χ3n) is 2.25. The number of pyridine rings is 1. The summed E-state index contributed by atoms with van der Waals surface area (Å²) >= 11 is 0. The molecule has 0 aliphatic rings. The molecule has 0 unspecified atom stereocenters. The number of nitrogens with two attached hydrogens (primary N) is 1. The normalized spacial score (nSPS) is 10.1. The predicted molar refractivity (Wildman–Crippen MR) is 63.0 cm³/mol. The number of nitrogens with one attached hydrogen (secondary N) is 1. The Bertz CT molecular complexity index is 602. The molecule has 3 N–H and O–H groups in total. The van der Waals surface area contributed by atoms with Crippen molar-refractivity contribution in [2.24, 2.45) is 0 Å². The zero-order valence-electron chi connectivity index (χ0n) is 9.15. The number of hydrogen-bond acceptors (Lipinski definition) is 3. The highest BCUT2D eigenvalue weighted by Crippen LogP contribution is 2.15. The summed E-state index contributed by atoms with van der Waals surface area (Å²) in [7, 11) is 0. The molecular weight excluding hydrogens is 240 g/mol. The van der Waals surface area contributed by atoms with Crippen LogP contribution in [0.2, 0.25) is 0 Å². The fourth-order valence-electron chi connectivity index (χ4n) is 1.34. The highest BCUT2D eigenvalue weighted by molar-refractivity contribution is 6.04. The molecule has 0 aliphatic carbocycles. The van der Waals surface area contributed by atoms with Crippen LogP contribution in [0.5, 0.6) is 0 Å². The Morgan fingerprint density at radius 3 is 2.67 bits per heavy atom. The van der Waals surface area contributed by atoms with Gasteiger partial charge in [-0.05, 0) is 30.3 Å². The highest BCUT2D eigenvalue weighted by atomic mass is 19.2. The van der Waals surface area contributed by atoms with Crippen LogP contribution >= 0.6 is 0 Å². The molecule has 1 amide bonds. The number of rotatable bonds is 2. The van der Waals surface area contributed by atoms with Crippen molar-refractivity contribution in [2.75, 3.05) is 11.1 Å². The van der Waals surface area contributed by atoms with Gasteiger partial charge in [0.1, 0.15) is 0 Å². The van der Waals surface area contributed by atoms with Crippen molar-refractivity contribution in [1.29, 1.82) is 0 Å². The monoisotopic (exact) mass is 249 g/mol. The number of nitrogen functional groups attached to an aromatic ring is 1. The summed E-state index contributed by atoms with van der Waals surface area (Å²) in [6.45, 7) is 0. The first-order valence-corrected chi connectivity index (χ1v) is 5.05. The van der Waals surface area contributed by atoms with Crippen LogP contribution in [0.4, 0.5) is 20.3 Å². The Labute approximate surface area is 101 Å². The number of carbonyl (C=O) groups excluding carboxylic acids is 1. The number of benzene rings is 1. The van der Waals surface area contributed by atoms with Gasteiger partial charge in [-0.3, -0.25) is 4.79 Å². The second kappa shape index (κ2) is 4.79. The van der Waals surface area contributed by atoms with Gasteiger partial charge >= 0.3 is 0 Å². The molecule has 0 radical (unpaired) electrons. The second-order valence-electron chi connectivity index (χ2n) is 3.52. The summed E-state index contributed by atoms with van der Waals surface area (Å²) in [5, 5.41) is 2.41. The van der Waals surface area contributed by atoms with E-state index in [1.807, 2.05) is 0 Å². The van der Waals surface area contributed by atoms with Crippen LogP contribution < -0.4 is 11.1 Å². The molecule has 1 aromatic heterocycles. The molecule has 0 saturated carbocycles. The fourth-order valence-corrected chi connectivity index (χ4v) is 1.34. The Balaban J connectivity index is 2.22. The first-order valence-electron chi connectivity index (χ1n) is 5.05. The minimum absolute atomic E-state index is 0.0149. The molecule has 0 aliphatic heterocycles. The first-order chi connectivity index (χ1) is 8.58. The largest absolute Gasteiger partial charge is 0.396 e. The standard InChI is InChI=1S/C12H9F2N3O/c13-8-4-3-7(6-9(8)14)12(18)17-11-10(15)2-1-5-16-11/h1-6H,15H2,(H,16,17,18). The van der Waals surface area contributed by atoms with Crippen LogP contribution in [-0.2, 0) is 0 Å². The third kappa shape index (κ3) is 2.42. The van der Waals surface area contributed by atoms with E-state index in [9.17, 15) is 13.6 Å². The number of aromatic nitrogens is 1. The fraction of sp³-hybridized carbons (Fsp3) is 0. The Morgan fingerprint density at radius 1 is 1.22 bits per heavy atom. The molecule has 18 heavy (non-hydrogen) atoms. The summed E-state index contributed by atoms with van der Waals surface area (Å²) < 4.78 is 25.7. The molecule has 92 valence electrons. The average molecular weight is 249 g/mol. The molecule has 0 saturated heterocycles. The Hall–Kier alpha value is -2.50. The lowest BCUT2D eigenvalue weighted by molar-refractivity contribution is 0.102. The lowest BCUT2D eigenvalue weighted by Gasteiger charge is -2.06. The van der Waals surface area contributed by atoms with E-state index in [0.29, 0.717) is 0 Å². The second-order valence-corrected chi connectivity index (χ2v) is 3.52. The van der Waals surface area contributed by atoms with Gasteiger partial charge in [0.05, 0.1) is 5.69 Å². The SMILES string of the molecule is Nc1cccnc1NC(=O)c1ccc(F)c(F)c1. The van der Waals surface area contributed by atoms with Gasteiger partial charge in [0.25, 0.3) is 5.91 Å². The molecule has 0 bridgehead atoms. The van der Waals surface area contributed by atoms with E-state index in [2.05, 4.69) is 10.3 Å². The molecule has 2 rings (SSSR count). The van der Waals surface area contributed by atoms with E-state index in [1.54, 1.807) is 12.1 Å². The van der Waals surface area contributed by atoms with Crippen LogP contribution in [0.3, 0.4) is 0 Å². The maximum absolute atomic E-state index is 13.0. The molecule has 4 nitrogen and oxygen atoms in total. The van der Waals surface area contributed by atoms with Gasteiger partial charge in [0.2, 0.25) is 0 Å². The van der Waals surface area contributed by atoms with E-state index in [4.69, 9.17) is 5.73 Å². The van der Waals surface area contributed by atoms with E-state index in [1.165, 1.54) is 12.3 Å². The van der Waals surface area contributed by atoms with Crippen molar-refractivity contribution >= 4 is 17.4 Å². The van der Waals surface area contributed by atoms with Gasteiger partial charge < -0.3 is 11.1 Å². The summed E-state index contributed by atoms with van der Waals surface area (Å²) in [5.74, 6) is -2.54. The van der Waals surface area contributed by atoms with Crippen molar-refractivity contribution in [1.82, 2.24) is 4.98 Å². The number of hydrogen-bond donors (Lipinski definition) is 2. The maximum Gasteiger partial charge on any atom is 0.256 e. The third-order valence-corrected chi connectivity index (χ3v) is 2.25. The topological polar surface area (TPSA) is 68.0 Å². The quantitative estimate of drug-likeness (QED) is 0.857. The van der Waals surface area contributed by atoms with Crippen molar-refractivity contribution in [2.45, 2.75) is 0 Å². The zero-order chi connectivity index (χ0) is 13.1. The number of amides is 1. The van der Waals surface area contributed by atoms with Gasteiger partial charge in [-0.1, -0.05) is 0 Å². The smallest absolute Gasteiger partial charge is 0.256 e. The lowest BCUT2D eigenvalue weighted by Crippen LogP contribution is -2.14. The van der Waals surface area contributed by atoms with Gasteiger partial charge in [0, 0.05) is 11.8 Å². The number of anilines is 2. The van der Waals surface area contributed by atoms with Crippen LogP contribution in [0.25, 0.3) is 0 Å². The van der Waals surface area contributed by atoms with E-state index < -0.39 is 17.5 Å². The van der Waals surface area contributed by atoms with E-state index >= 15 is 0 Å². The summed E-state index contributed by atoms with van der Waals surface area (Å²) in [4.78, 5) is 15.6. The zero-order valence-corrected chi connectivity index (χ0v) is 9.15. The Morgan fingerprint density at radius 2 is 2.00 bits per heavy atom. The summed E-state index contributed by atoms with van der Waals surface area (Å²) in [6.07, 6.45) is 1.46. The molecule has 6 heteroatoms. The van der Waals surface area contributed by atoms with E-state index in [0.717, 1.165) is 12.1 Å². The van der Waals surface area contributed by atoms with Crippen molar-refractivity contribution in [3.05, 3.63) is 53.7 Å². The van der Waals surface area contributed by atoms with Gasteiger partial charge in [-0.25, -0.2) is 13.8 Å². The first kappa shape index (κ1) is 12.0. The Kier molecular flexibility index (Phi) is 3.18. The van der Waals surface area contributed by atoms with E-state index in [-0.39, 0.29) is 17.1 Å². The minimum atomic E-state index is -1.09. The number of halogens is 2. The minimum Gasteiger partial charge on any atom is -0.396 e. The van der Waals surface area contributed by atoms with Crippen LogP contribution in [0.1, 0.15) is 10.4 Å². The summed E-state index contributed by atoms with van der Waals surface area (Å²) in [5.41, 5.74) is 5.86. The number of carbonyl (C=O) groups is 1. The van der Waals surface area contributed by atoms with Crippen molar-refractivity contribution in [3.8, 4) is 0 Å². The van der Waals surface area contributed by atoms with Crippen molar-refractivity contribution < 1.29 is 13.6 Å². The van der Waals surface area contributed by atoms with Gasteiger partial charge in [-0.2, -0.15) is 0 Å². The van der Waals surface area contributed by atoms with Crippen LogP contribution in [0, 0.1) is 11.6 Å². The molecule has 0 fully saturated rings. The van der Waals surface area contributed by atoms with Gasteiger partial charge in [-0.15, -0.1) is 0 Å². The highest BCUT2D eigenvalue weighted by Gasteiger charge is 2.11. The molecule has 1 aromatic carbocycles. The molecular formula is C12H9F2N3O. The van der Waals surface area contributed by atoms with Crippen LogP contribution in [-0.4, -0.2) is 10.9 Å². The molecule has 0 atom stereocenters. The van der Waals surface area contributed by atoms with Gasteiger partial charge in [0.15, 0.2) is 17.5 Å². The molecule has 2 aromatic rings. The molecule has 1 heterocycles. The molecule has 0 spiro atoms. The maximum atomic E-state index is 13.0.